The van der Waals surface area contributed by atoms with Crippen LogP contribution in [-0.4, -0.2) is 38.3 Å². The Morgan fingerprint density at radius 1 is 1.24 bits per heavy atom. The lowest BCUT2D eigenvalue weighted by Gasteiger charge is -2.11. The van der Waals surface area contributed by atoms with E-state index in [1.54, 1.807) is 0 Å². The van der Waals surface area contributed by atoms with Gasteiger partial charge in [0.25, 0.3) is 0 Å². The molecule has 1 aliphatic heterocycles. The molecule has 1 amide bonds. The summed E-state index contributed by atoms with van der Waals surface area (Å²) in [5.41, 5.74) is -1.16. The molecule has 2 aliphatic rings. The molecule has 2 N–H and O–H groups in total. The summed E-state index contributed by atoms with van der Waals surface area (Å²) in [5.74, 6) is 0.521. The van der Waals surface area contributed by atoms with Gasteiger partial charge in [-0.1, -0.05) is 6.42 Å². The Hall–Kier alpha value is -1.92. The van der Waals surface area contributed by atoms with Crippen molar-refractivity contribution < 1.29 is 14.7 Å². The zero-order valence-electron chi connectivity index (χ0n) is 12.0. The molecule has 0 spiro atoms. The van der Waals surface area contributed by atoms with E-state index >= 15 is 0 Å². The van der Waals surface area contributed by atoms with Crippen LogP contribution in [0.15, 0.2) is 0 Å². The van der Waals surface area contributed by atoms with Gasteiger partial charge in [0.05, 0.1) is 0 Å². The van der Waals surface area contributed by atoms with Gasteiger partial charge >= 0.3 is 5.97 Å². The summed E-state index contributed by atoms with van der Waals surface area (Å²) >= 11 is 0. The Labute approximate surface area is 122 Å². The lowest BCUT2D eigenvalue weighted by molar-refractivity contribution is -0.149. The highest BCUT2D eigenvalue weighted by atomic mass is 16.4. The molecule has 0 atom stereocenters. The molecule has 7 nitrogen and oxygen atoms in total. The van der Waals surface area contributed by atoms with Crippen molar-refractivity contribution in [2.45, 2.75) is 51.5 Å². The molecule has 3 rings (SSSR count). The fourth-order valence-corrected chi connectivity index (χ4v) is 2.85. The van der Waals surface area contributed by atoms with E-state index in [4.69, 9.17) is 5.11 Å². The fourth-order valence-electron chi connectivity index (χ4n) is 2.85. The maximum atomic E-state index is 11.9. The smallest absolute Gasteiger partial charge is 0.319 e. The fraction of sp³-hybridized carbons (Fsp3) is 0.714. The van der Waals surface area contributed by atoms with Gasteiger partial charge in [-0.2, -0.15) is 0 Å². The summed E-state index contributed by atoms with van der Waals surface area (Å²) in [6, 6.07) is 0. The average molecular weight is 292 g/mol. The number of hydrogen-bond acceptors (Lipinski definition) is 4. The number of aryl methyl sites for hydroxylation is 1. The first-order valence-electron chi connectivity index (χ1n) is 7.56. The van der Waals surface area contributed by atoms with Crippen LogP contribution in [0.2, 0.25) is 0 Å². The van der Waals surface area contributed by atoms with Crippen LogP contribution in [0.1, 0.15) is 43.8 Å². The lowest BCUT2D eigenvalue weighted by Crippen LogP contribution is -2.38. The van der Waals surface area contributed by atoms with Crippen molar-refractivity contribution in [3.05, 3.63) is 11.6 Å². The standard InChI is InChI=1S/C14H20N4O3/c19-12(14(6-7-14)13(20)21)15-8-5-11-17-16-10-4-2-1-3-9-18(10)11/h1-9H2,(H,15,19)(H,20,21). The number of hydrogen-bond donors (Lipinski definition) is 2. The van der Waals surface area contributed by atoms with Crippen LogP contribution in [0.25, 0.3) is 0 Å². The van der Waals surface area contributed by atoms with E-state index in [2.05, 4.69) is 20.1 Å². The molecule has 0 aromatic carbocycles. The number of aromatic nitrogens is 3. The second-order valence-corrected chi connectivity index (χ2v) is 5.89. The van der Waals surface area contributed by atoms with Gasteiger partial charge in [-0.3, -0.25) is 9.59 Å². The minimum Gasteiger partial charge on any atom is -0.480 e. The molecule has 0 bridgehead atoms. The summed E-state index contributed by atoms with van der Waals surface area (Å²) in [6.45, 7) is 1.34. The van der Waals surface area contributed by atoms with Crippen molar-refractivity contribution in [2.75, 3.05) is 6.54 Å². The van der Waals surface area contributed by atoms with Crippen LogP contribution in [0, 0.1) is 5.41 Å². The van der Waals surface area contributed by atoms with Crippen LogP contribution in [0.5, 0.6) is 0 Å². The van der Waals surface area contributed by atoms with E-state index in [1.165, 1.54) is 6.42 Å². The maximum absolute atomic E-state index is 11.9. The second-order valence-electron chi connectivity index (χ2n) is 5.89. The van der Waals surface area contributed by atoms with Crippen molar-refractivity contribution in [3.63, 3.8) is 0 Å². The SMILES string of the molecule is O=C(O)C1(C(=O)NCCc2nnc3n2CCCCC3)CC1. The quantitative estimate of drug-likeness (QED) is 0.771. The zero-order chi connectivity index (χ0) is 14.9. The van der Waals surface area contributed by atoms with Gasteiger partial charge in [0, 0.05) is 25.9 Å². The van der Waals surface area contributed by atoms with E-state index in [-0.39, 0.29) is 5.91 Å². The minimum absolute atomic E-state index is 0.370. The lowest BCUT2D eigenvalue weighted by atomic mass is 10.1. The topological polar surface area (TPSA) is 97.1 Å². The average Bonchev–Trinajstić information content (AvgIpc) is 3.23. The molecule has 0 radical (unpaired) electrons. The maximum Gasteiger partial charge on any atom is 0.319 e. The summed E-state index contributed by atoms with van der Waals surface area (Å²) in [6.07, 6.45) is 5.92. The second kappa shape index (κ2) is 5.46. The molecular formula is C14H20N4O3. The molecule has 2 heterocycles. The highest BCUT2D eigenvalue weighted by Gasteiger charge is 2.56. The molecule has 1 fully saturated rings. The predicted octanol–water partition coefficient (Wildman–Crippen LogP) is 0.528. The number of carboxylic acids is 1. The van der Waals surface area contributed by atoms with Crippen LogP contribution >= 0.6 is 0 Å². The molecule has 1 aliphatic carbocycles. The molecule has 0 saturated heterocycles. The van der Waals surface area contributed by atoms with Crippen molar-refractivity contribution in [1.82, 2.24) is 20.1 Å². The highest BCUT2D eigenvalue weighted by molar-refractivity contribution is 6.04. The van der Waals surface area contributed by atoms with Crippen LogP contribution < -0.4 is 5.32 Å². The monoisotopic (exact) mass is 292 g/mol. The molecule has 1 aromatic heterocycles. The number of aliphatic carboxylic acids is 1. The summed E-state index contributed by atoms with van der Waals surface area (Å²) in [4.78, 5) is 23.0. The molecule has 7 heteroatoms. The van der Waals surface area contributed by atoms with Crippen LogP contribution in [-0.2, 0) is 29.0 Å². The van der Waals surface area contributed by atoms with Crippen molar-refractivity contribution in [3.8, 4) is 0 Å². The van der Waals surface area contributed by atoms with Crippen LogP contribution in [0.3, 0.4) is 0 Å². The number of nitrogens with one attached hydrogen (secondary N) is 1. The normalized spacial score (nSPS) is 19.4. The summed E-state index contributed by atoms with van der Waals surface area (Å²) in [5, 5.41) is 20.2. The van der Waals surface area contributed by atoms with Crippen molar-refractivity contribution in [1.29, 1.82) is 0 Å². The first kappa shape index (κ1) is 14.0. The third-order valence-corrected chi connectivity index (χ3v) is 4.41. The molecule has 114 valence electrons. The number of fused-ring (bicyclic) bond motifs is 1. The summed E-state index contributed by atoms with van der Waals surface area (Å²) in [7, 11) is 0. The van der Waals surface area contributed by atoms with Crippen LogP contribution in [0.4, 0.5) is 0 Å². The molecule has 1 saturated carbocycles. The number of carbonyl (C=O) groups is 2. The Kier molecular flexibility index (Phi) is 3.65. The first-order valence-corrected chi connectivity index (χ1v) is 7.56. The van der Waals surface area contributed by atoms with Gasteiger partial charge in [-0.15, -0.1) is 10.2 Å². The Bertz CT molecular complexity index is 563. The van der Waals surface area contributed by atoms with Crippen molar-refractivity contribution >= 4 is 11.9 Å². The number of carboxylic acid groups (broad SMARTS) is 1. The van der Waals surface area contributed by atoms with E-state index in [9.17, 15) is 9.59 Å². The van der Waals surface area contributed by atoms with E-state index in [1.807, 2.05) is 0 Å². The third kappa shape index (κ3) is 2.64. The highest BCUT2D eigenvalue weighted by Crippen LogP contribution is 2.46. The molecule has 0 unspecified atom stereocenters. The molecule has 1 aromatic rings. The van der Waals surface area contributed by atoms with Gasteiger partial charge in [0.2, 0.25) is 5.91 Å². The Morgan fingerprint density at radius 3 is 2.76 bits per heavy atom. The van der Waals surface area contributed by atoms with Crippen molar-refractivity contribution in [2.24, 2.45) is 5.41 Å². The van der Waals surface area contributed by atoms with Gasteiger partial charge in [-0.25, -0.2) is 0 Å². The van der Waals surface area contributed by atoms with Gasteiger partial charge in [0.1, 0.15) is 17.1 Å². The summed E-state index contributed by atoms with van der Waals surface area (Å²) < 4.78 is 2.14. The predicted molar refractivity (Wildman–Crippen MR) is 73.6 cm³/mol. The van der Waals surface area contributed by atoms with E-state index < -0.39 is 11.4 Å². The van der Waals surface area contributed by atoms with Gasteiger partial charge in [0.15, 0.2) is 0 Å². The molecule has 21 heavy (non-hydrogen) atoms. The zero-order valence-corrected chi connectivity index (χ0v) is 12.0. The van der Waals surface area contributed by atoms with E-state index in [0.29, 0.717) is 25.8 Å². The van der Waals surface area contributed by atoms with E-state index in [0.717, 1.165) is 37.5 Å². The number of nitrogens with zero attached hydrogens (tertiary/aromatic N) is 3. The minimum atomic E-state index is -1.16. The number of carbonyl (C=O) groups excluding carboxylic acids is 1. The van der Waals surface area contributed by atoms with Gasteiger partial charge < -0.3 is 15.0 Å². The number of rotatable bonds is 5. The largest absolute Gasteiger partial charge is 0.480 e. The third-order valence-electron chi connectivity index (χ3n) is 4.41. The first-order chi connectivity index (χ1) is 10.1. The number of amides is 1. The Balaban J connectivity index is 1.55. The Morgan fingerprint density at radius 2 is 2.05 bits per heavy atom. The van der Waals surface area contributed by atoms with Gasteiger partial charge in [-0.05, 0) is 25.7 Å². The molecular weight excluding hydrogens is 272 g/mol.